The molecular formula is C48H76N10O17S. The number of carbonyl (C=O) groups is 10. The van der Waals surface area contributed by atoms with Crippen molar-refractivity contribution in [2.45, 2.75) is 108 Å². The van der Waals surface area contributed by atoms with Crippen molar-refractivity contribution in [3.05, 3.63) is 29.8 Å². The number of carboxylic acid groups (broad SMARTS) is 7. The van der Waals surface area contributed by atoms with Crippen molar-refractivity contribution in [1.82, 2.24) is 46.2 Å². The van der Waals surface area contributed by atoms with Gasteiger partial charge in [0.1, 0.15) is 12.1 Å². The van der Waals surface area contributed by atoms with Crippen LogP contribution in [0.2, 0.25) is 0 Å². The number of urea groups is 1. The maximum atomic E-state index is 12.3. The van der Waals surface area contributed by atoms with E-state index < -0.39 is 72.4 Å². The van der Waals surface area contributed by atoms with Gasteiger partial charge in [0.15, 0.2) is 5.11 Å². The van der Waals surface area contributed by atoms with Crippen molar-refractivity contribution in [1.29, 1.82) is 0 Å². The molecule has 28 heteroatoms. The monoisotopic (exact) mass is 1100 g/mol. The number of hydrogen-bond donors (Lipinski definition) is 13. The van der Waals surface area contributed by atoms with Crippen molar-refractivity contribution < 1.29 is 83.7 Å². The standard InChI is InChI=1S/C48H76N10O17S/c59-38(49-18-6-5-9-36(45(71)72)53-47(75)54-37(46(73)74)16-17-40(61)62)10-3-1-2-4-11-39(60)50-19-7-8-20-51-48(76)52-34-14-12-33(13-15-34)27-35-28-57(31-43(67)68)24-23-55(29-41(63)64)21-22-56(30-42(65)66)25-26-58(35)32-44(69)70/h12-15,35-37H,1-11,16-32H2,(H,49,59)(H,50,60)(H,61,62)(H,63,64)(H,65,66)(H,67,68)(H,69,70)(H,71,72)(H,73,74)(H2,51,52,76)(H2,53,54,75). The van der Waals surface area contributed by atoms with Gasteiger partial charge in [-0.3, -0.25) is 53.2 Å². The Balaban J connectivity index is 1.70. The second kappa shape index (κ2) is 37.1. The number of unbranched alkanes of at least 4 members (excludes halogenated alkanes) is 5. The number of carbonyl (C=O) groups excluding carboxylic acids is 3. The smallest absolute Gasteiger partial charge is 0.326 e. The third-order valence-electron chi connectivity index (χ3n) is 12.1. The van der Waals surface area contributed by atoms with Gasteiger partial charge in [-0.05, 0) is 87.7 Å². The molecule has 1 aromatic rings. The minimum absolute atomic E-state index is 0.0143. The van der Waals surface area contributed by atoms with E-state index in [0.29, 0.717) is 68.8 Å². The number of hydrogen-bond acceptors (Lipinski definition) is 15. The number of carboxylic acids is 7. The largest absolute Gasteiger partial charge is 0.481 e. The summed E-state index contributed by atoms with van der Waals surface area (Å²) in [5.41, 5.74) is 1.50. The Morgan fingerprint density at radius 1 is 0.500 bits per heavy atom. The molecule has 0 aromatic heterocycles. The Hall–Kier alpha value is -6.75. The molecule has 4 amide bonds. The molecule has 1 aromatic carbocycles. The van der Waals surface area contributed by atoms with E-state index in [2.05, 4.69) is 31.9 Å². The first-order valence-electron chi connectivity index (χ1n) is 25.3. The van der Waals surface area contributed by atoms with E-state index in [4.69, 9.17) is 17.3 Å². The molecule has 0 spiro atoms. The molecule has 1 aliphatic rings. The SMILES string of the molecule is O=C(O)CCC(NC(=O)NC(CCCCNC(=O)CCCCCCC(=O)NCCCCNC(=S)Nc1ccc(CC2CN(CC(=O)O)CCN(CC(=O)O)CCN(CC(=O)O)CCN2CC(=O)O)cc1)C(=O)O)C(=O)O. The second-order valence-corrected chi connectivity index (χ2v) is 18.8. The molecular weight excluding hydrogens is 1020 g/mol. The molecule has 0 aliphatic carbocycles. The van der Waals surface area contributed by atoms with Gasteiger partial charge in [-0.1, -0.05) is 25.0 Å². The molecule has 1 aliphatic heterocycles. The fourth-order valence-electron chi connectivity index (χ4n) is 8.15. The Morgan fingerprint density at radius 2 is 0.947 bits per heavy atom. The van der Waals surface area contributed by atoms with Crippen LogP contribution in [0.4, 0.5) is 10.5 Å². The summed E-state index contributed by atoms with van der Waals surface area (Å²) in [7, 11) is 0. The molecule has 1 saturated heterocycles. The number of benzene rings is 1. The van der Waals surface area contributed by atoms with Crippen LogP contribution in [-0.4, -0.2) is 230 Å². The summed E-state index contributed by atoms with van der Waals surface area (Å²) in [5, 5.41) is 82.5. The van der Waals surface area contributed by atoms with E-state index in [9.17, 15) is 78.6 Å². The van der Waals surface area contributed by atoms with E-state index in [1.807, 2.05) is 24.3 Å². The van der Waals surface area contributed by atoms with Crippen LogP contribution < -0.4 is 31.9 Å². The molecule has 1 heterocycles. The van der Waals surface area contributed by atoms with Gasteiger partial charge in [0.2, 0.25) is 11.8 Å². The third kappa shape index (κ3) is 31.2. The topological polar surface area (TPSA) is 397 Å². The summed E-state index contributed by atoms with van der Waals surface area (Å²) in [4.78, 5) is 124. The van der Waals surface area contributed by atoms with Crippen LogP contribution in [0.15, 0.2) is 24.3 Å². The van der Waals surface area contributed by atoms with Gasteiger partial charge in [-0.2, -0.15) is 0 Å². The highest BCUT2D eigenvalue weighted by Gasteiger charge is 2.28. The zero-order valence-electron chi connectivity index (χ0n) is 42.8. The molecule has 3 unspecified atom stereocenters. The van der Waals surface area contributed by atoms with Crippen LogP contribution >= 0.6 is 12.2 Å². The summed E-state index contributed by atoms with van der Waals surface area (Å²) in [6.07, 6.45) is 5.06. The first kappa shape index (κ1) is 65.4. The Kier molecular flexibility index (Phi) is 31.9. The average molecular weight is 1100 g/mol. The normalized spacial score (nSPS) is 15.8. The predicted molar refractivity (Wildman–Crippen MR) is 278 cm³/mol. The first-order chi connectivity index (χ1) is 36.1. The lowest BCUT2D eigenvalue weighted by molar-refractivity contribution is -0.142. The van der Waals surface area contributed by atoms with Crippen LogP contribution in [0.25, 0.3) is 0 Å². The van der Waals surface area contributed by atoms with Gasteiger partial charge in [0, 0.05) is 96.4 Å². The van der Waals surface area contributed by atoms with E-state index in [1.54, 1.807) is 19.6 Å². The number of thiocarbonyl (C=S) groups is 1. The summed E-state index contributed by atoms with van der Waals surface area (Å²) < 4.78 is 0. The molecule has 0 bridgehead atoms. The minimum atomic E-state index is -1.51. The van der Waals surface area contributed by atoms with E-state index >= 15 is 0 Å². The van der Waals surface area contributed by atoms with Gasteiger partial charge < -0.3 is 67.6 Å². The van der Waals surface area contributed by atoms with Gasteiger partial charge in [0.25, 0.3) is 0 Å². The second-order valence-electron chi connectivity index (χ2n) is 18.4. The maximum absolute atomic E-state index is 12.3. The van der Waals surface area contributed by atoms with E-state index in [0.717, 1.165) is 24.8 Å². The number of nitrogens with one attached hydrogen (secondary N) is 6. The zero-order valence-corrected chi connectivity index (χ0v) is 43.6. The molecule has 27 nitrogen and oxygen atoms in total. The van der Waals surface area contributed by atoms with Gasteiger partial charge in [-0.15, -0.1) is 0 Å². The average Bonchev–Trinajstić information content (AvgIpc) is 3.33. The summed E-state index contributed by atoms with van der Waals surface area (Å²) in [6.45, 7) is 1.24. The van der Waals surface area contributed by atoms with Crippen molar-refractivity contribution in [2.24, 2.45) is 0 Å². The summed E-state index contributed by atoms with van der Waals surface area (Å²) in [6, 6.07) is 2.91. The molecule has 13 N–H and O–H groups in total. The quantitative estimate of drug-likeness (QED) is 0.0315. The van der Waals surface area contributed by atoms with Crippen molar-refractivity contribution in [2.75, 3.05) is 96.9 Å². The number of anilines is 1. The number of rotatable bonds is 35. The lowest BCUT2D eigenvalue weighted by atomic mass is 10.0. The van der Waals surface area contributed by atoms with Crippen LogP contribution in [0.1, 0.15) is 89.0 Å². The number of nitrogens with zero attached hydrogens (tertiary/aromatic N) is 4. The van der Waals surface area contributed by atoms with Crippen LogP contribution in [0.5, 0.6) is 0 Å². The van der Waals surface area contributed by atoms with Crippen LogP contribution in [0, 0.1) is 0 Å². The van der Waals surface area contributed by atoms with Gasteiger partial charge in [0.05, 0.1) is 26.2 Å². The molecule has 2 rings (SSSR count). The fourth-order valence-corrected chi connectivity index (χ4v) is 8.37. The van der Waals surface area contributed by atoms with Crippen molar-refractivity contribution in [3.63, 3.8) is 0 Å². The highest BCUT2D eigenvalue weighted by molar-refractivity contribution is 7.80. The predicted octanol–water partition coefficient (Wildman–Crippen LogP) is 0.0380. The lowest BCUT2D eigenvalue weighted by Gasteiger charge is -2.37. The van der Waals surface area contributed by atoms with Gasteiger partial charge in [-0.25, -0.2) is 14.4 Å². The molecule has 1 fully saturated rings. The fraction of sp³-hybridized carbons (Fsp3) is 0.646. The highest BCUT2D eigenvalue weighted by atomic mass is 32.1. The molecule has 0 radical (unpaired) electrons. The molecule has 3 atom stereocenters. The third-order valence-corrected chi connectivity index (χ3v) is 12.4. The first-order valence-corrected chi connectivity index (χ1v) is 25.7. The van der Waals surface area contributed by atoms with Crippen LogP contribution in [-0.2, 0) is 49.6 Å². The maximum Gasteiger partial charge on any atom is 0.326 e. The summed E-state index contributed by atoms with van der Waals surface area (Å²) in [5.74, 6) is -8.64. The Bertz CT molecular complexity index is 2070. The summed E-state index contributed by atoms with van der Waals surface area (Å²) >= 11 is 5.47. The Labute approximate surface area is 446 Å². The van der Waals surface area contributed by atoms with Gasteiger partial charge >= 0.3 is 47.8 Å². The molecule has 0 saturated carbocycles. The van der Waals surface area contributed by atoms with Crippen LogP contribution in [0.3, 0.4) is 0 Å². The van der Waals surface area contributed by atoms with E-state index in [-0.39, 0.29) is 110 Å². The number of amides is 4. The minimum Gasteiger partial charge on any atom is -0.481 e. The Morgan fingerprint density at radius 3 is 1.43 bits per heavy atom. The van der Waals surface area contributed by atoms with E-state index in [1.165, 1.54) is 0 Å². The lowest BCUT2D eigenvalue weighted by Crippen LogP contribution is -2.53. The van der Waals surface area contributed by atoms with Crippen molar-refractivity contribution >= 4 is 82.6 Å². The zero-order chi connectivity index (χ0) is 56.4. The van der Waals surface area contributed by atoms with Crippen molar-refractivity contribution in [3.8, 4) is 0 Å². The molecule has 76 heavy (non-hydrogen) atoms. The number of aliphatic carboxylic acids is 7. The highest BCUT2D eigenvalue weighted by Crippen LogP contribution is 2.17. The molecule has 426 valence electrons.